The van der Waals surface area contributed by atoms with Gasteiger partial charge in [-0.15, -0.1) is 0 Å². The van der Waals surface area contributed by atoms with Crippen LogP contribution in [0.2, 0.25) is 5.02 Å². The number of carbonyl (C=O) groups excluding carboxylic acids is 1. The number of amides is 1. The summed E-state index contributed by atoms with van der Waals surface area (Å²) in [5.74, 6) is 5.91. The minimum Gasteiger partial charge on any atom is -0.353 e. The van der Waals surface area contributed by atoms with Gasteiger partial charge in [-0.25, -0.2) is 10.8 Å². The zero-order valence-corrected chi connectivity index (χ0v) is 11.8. The maximum atomic E-state index is 11.9. The second-order valence-corrected chi connectivity index (χ2v) is 5.41. The summed E-state index contributed by atoms with van der Waals surface area (Å²) in [5.41, 5.74) is 2.63. The number of nitrogen functional groups attached to an aromatic ring is 1. The van der Waals surface area contributed by atoms with Crippen molar-refractivity contribution < 1.29 is 4.79 Å². The van der Waals surface area contributed by atoms with Gasteiger partial charge in [0.15, 0.2) is 0 Å². The van der Waals surface area contributed by atoms with E-state index in [1.165, 1.54) is 0 Å². The Balaban J connectivity index is 2.22. The Morgan fingerprint density at radius 2 is 2.32 bits per heavy atom. The lowest BCUT2D eigenvalue weighted by molar-refractivity contribution is -0.135. The highest BCUT2D eigenvalue weighted by molar-refractivity contribution is 6.31. The number of nitrogens with zero attached hydrogens (tertiary/aromatic N) is 2. The average molecular weight is 284 g/mol. The lowest BCUT2D eigenvalue weighted by Crippen LogP contribution is -2.61. The molecule has 0 atom stereocenters. The van der Waals surface area contributed by atoms with E-state index < -0.39 is 5.54 Å². The largest absolute Gasteiger partial charge is 0.353 e. The molecular weight excluding hydrogens is 266 g/mol. The predicted molar refractivity (Wildman–Crippen MR) is 74.6 cm³/mol. The van der Waals surface area contributed by atoms with Crippen LogP contribution in [-0.2, 0) is 11.3 Å². The molecule has 4 N–H and O–H groups in total. The number of hydrogen-bond acceptors (Lipinski definition) is 5. The molecule has 1 aliphatic heterocycles. The fraction of sp³-hybridized carbons (Fsp3) is 0.500. The summed E-state index contributed by atoms with van der Waals surface area (Å²) >= 11 is 6.14. The molecule has 6 nitrogen and oxygen atoms in total. The highest BCUT2D eigenvalue weighted by Crippen LogP contribution is 2.24. The molecule has 0 saturated carbocycles. The summed E-state index contributed by atoms with van der Waals surface area (Å²) < 4.78 is 0. The van der Waals surface area contributed by atoms with Gasteiger partial charge in [-0.2, -0.15) is 0 Å². The van der Waals surface area contributed by atoms with E-state index in [0.717, 1.165) is 6.54 Å². The number of nitrogens with two attached hydrogens (primary N) is 1. The SMILES string of the molecule is CC1(C)C(=O)NCCN1Cc1nc(NN)ccc1Cl. The first kappa shape index (κ1) is 14.0. The summed E-state index contributed by atoms with van der Waals surface area (Å²) in [6.07, 6.45) is 0. The van der Waals surface area contributed by atoms with Crippen LogP contribution in [0.1, 0.15) is 19.5 Å². The lowest BCUT2D eigenvalue weighted by atomic mass is 9.98. The predicted octanol–water partition coefficient (Wildman–Crippen LogP) is 0.731. The molecule has 2 rings (SSSR count). The molecule has 1 aliphatic rings. The van der Waals surface area contributed by atoms with E-state index >= 15 is 0 Å². The minimum absolute atomic E-state index is 0.0166. The molecule has 19 heavy (non-hydrogen) atoms. The molecule has 0 aromatic carbocycles. The van der Waals surface area contributed by atoms with Crippen molar-refractivity contribution >= 4 is 23.3 Å². The molecule has 0 unspecified atom stereocenters. The number of pyridine rings is 1. The first-order valence-corrected chi connectivity index (χ1v) is 6.48. The Morgan fingerprint density at radius 1 is 1.58 bits per heavy atom. The number of anilines is 1. The van der Waals surface area contributed by atoms with E-state index in [1.807, 2.05) is 13.8 Å². The molecular formula is C12H18ClN5O. The standard InChI is InChI=1S/C12H18ClN5O/c1-12(2)11(19)15-5-6-18(12)7-9-8(13)3-4-10(16-9)17-14/h3-4H,5-7,14H2,1-2H3,(H,15,19)(H,16,17). The van der Waals surface area contributed by atoms with Crippen LogP contribution in [-0.4, -0.2) is 34.4 Å². The molecule has 1 amide bonds. The van der Waals surface area contributed by atoms with E-state index in [2.05, 4.69) is 20.6 Å². The highest BCUT2D eigenvalue weighted by Gasteiger charge is 2.37. The van der Waals surface area contributed by atoms with Gasteiger partial charge in [-0.3, -0.25) is 9.69 Å². The normalized spacial score (nSPS) is 19.1. The van der Waals surface area contributed by atoms with Crippen LogP contribution in [0.5, 0.6) is 0 Å². The Hall–Kier alpha value is -1.37. The maximum absolute atomic E-state index is 11.9. The Kier molecular flexibility index (Phi) is 3.93. The summed E-state index contributed by atoms with van der Waals surface area (Å²) in [6.45, 7) is 5.68. The zero-order valence-electron chi connectivity index (χ0n) is 11.0. The number of rotatable bonds is 3. The molecule has 0 bridgehead atoms. The Morgan fingerprint density at radius 3 is 3.00 bits per heavy atom. The van der Waals surface area contributed by atoms with Crippen molar-refractivity contribution in [3.05, 3.63) is 22.8 Å². The van der Waals surface area contributed by atoms with Crippen molar-refractivity contribution in [3.63, 3.8) is 0 Å². The van der Waals surface area contributed by atoms with E-state index in [1.54, 1.807) is 12.1 Å². The van der Waals surface area contributed by atoms with Crippen molar-refractivity contribution in [2.45, 2.75) is 25.9 Å². The van der Waals surface area contributed by atoms with Crippen molar-refractivity contribution in [1.29, 1.82) is 0 Å². The van der Waals surface area contributed by atoms with E-state index in [9.17, 15) is 4.79 Å². The smallest absolute Gasteiger partial charge is 0.240 e. The van der Waals surface area contributed by atoms with Crippen LogP contribution in [0.25, 0.3) is 0 Å². The van der Waals surface area contributed by atoms with E-state index in [0.29, 0.717) is 29.6 Å². The summed E-state index contributed by atoms with van der Waals surface area (Å²) in [7, 11) is 0. The fourth-order valence-electron chi connectivity index (χ4n) is 2.08. The van der Waals surface area contributed by atoms with Crippen molar-refractivity contribution in [2.75, 3.05) is 18.5 Å². The number of aromatic nitrogens is 1. The van der Waals surface area contributed by atoms with Crippen molar-refractivity contribution in [1.82, 2.24) is 15.2 Å². The number of hydrogen-bond donors (Lipinski definition) is 3. The quantitative estimate of drug-likeness (QED) is 0.563. The molecule has 104 valence electrons. The first-order chi connectivity index (χ1) is 8.95. The van der Waals surface area contributed by atoms with Gasteiger partial charge in [-0.1, -0.05) is 11.6 Å². The van der Waals surface area contributed by atoms with Gasteiger partial charge in [0.25, 0.3) is 0 Å². The Labute approximate surface area is 117 Å². The third-order valence-corrected chi connectivity index (χ3v) is 3.76. The topological polar surface area (TPSA) is 83.3 Å². The molecule has 1 aromatic rings. The summed E-state index contributed by atoms with van der Waals surface area (Å²) in [4.78, 5) is 18.3. The van der Waals surface area contributed by atoms with E-state index in [4.69, 9.17) is 17.4 Å². The van der Waals surface area contributed by atoms with Gasteiger partial charge in [0.1, 0.15) is 5.82 Å². The van der Waals surface area contributed by atoms with Gasteiger partial charge < -0.3 is 10.7 Å². The molecule has 1 saturated heterocycles. The van der Waals surface area contributed by atoms with Crippen LogP contribution in [0, 0.1) is 0 Å². The van der Waals surface area contributed by atoms with E-state index in [-0.39, 0.29) is 5.91 Å². The molecule has 2 heterocycles. The lowest BCUT2D eigenvalue weighted by Gasteiger charge is -2.41. The second kappa shape index (κ2) is 5.32. The molecule has 0 aliphatic carbocycles. The van der Waals surface area contributed by atoms with Crippen molar-refractivity contribution in [3.8, 4) is 0 Å². The third-order valence-electron chi connectivity index (χ3n) is 3.42. The summed E-state index contributed by atoms with van der Waals surface area (Å²) in [5, 5.41) is 3.43. The van der Waals surface area contributed by atoms with Gasteiger partial charge in [0.2, 0.25) is 5.91 Å². The molecule has 0 spiro atoms. The molecule has 0 radical (unpaired) electrons. The van der Waals surface area contributed by atoms with Crippen LogP contribution in [0.4, 0.5) is 5.82 Å². The number of piperazine rings is 1. The number of hydrazine groups is 1. The van der Waals surface area contributed by atoms with Crippen molar-refractivity contribution in [2.24, 2.45) is 5.84 Å². The monoisotopic (exact) mass is 283 g/mol. The fourth-order valence-corrected chi connectivity index (χ4v) is 2.24. The molecule has 7 heteroatoms. The van der Waals surface area contributed by atoms with Crippen LogP contribution in [0.3, 0.4) is 0 Å². The van der Waals surface area contributed by atoms with Gasteiger partial charge in [0.05, 0.1) is 16.3 Å². The second-order valence-electron chi connectivity index (χ2n) is 5.01. The highest BCUT2D eigenvalue weighted by atomic mass is 35.5. The minimum atomic E-state index is -0.574. The zero-order chi connectivity index (χ0) is 14.0. The third kappa shape index (κ3) is 2.80. The number of halogens is 1. The van der Waals surface area contributed by atoms with Gasteiger partial charge in [0, 0.05) is 19.6 Å². The summed E-state index contributed by atoms with van der Waals surface area (Å²) in [6, 6.07) is 3.45. The first-order valence-electron chi connectivity index (χ1n) is 6.10. The number of nitrogens with one attached hydrogen (secondary N) is 2. The van der Waals surface area contributed by atoms with Crippen LogP contribution in [0.15, 0.2) is 12.1 Å². The van der Waals surface area contributed by atoms with Gasteiger partial charge in [-0.05, 0) is 26.0 Å². The van der Waals surface area contributed by atoms with Crippen LogP contribution >= 0.6 is 11.6 Å². The maximum Gasteiger partial charge on any atom is 0.240 e. The average Bonchev–Trinajstić information content (AvgIpc) is 2.38. The molecule has 1 aromatic heterocycles. The van der Waals surface area contributed by atoms with Crippen LogP contribution < -0.4 is 16.6 Å². The van der Waals surface area contributed by atoms with Gasteiger partial charge >= 0.3 is 0 Å². The number of carbonyl (C=O) groups is 1. The molecule has 1 fully saturated rings. The Bertz CT molecular complexity index is 491.